The van der Waals surface area contributed by atoms with Gasteiger partial charge in [-0.25, -0.2) is 19.6 Å². The Morgan fingerprint density at radius 1 is 1.13 bits per heavy atom. The van der Waals surface area contributed by atoms with Gasteiger partial charge in [0.05, 0.1) is 29.2 Å². The van der Waals surface area contributed by atoms with Crippen molar-refractivity contribution in [1.82, 2.24) is 34.9 Å². The SMILES string of the molecule is CC(Sc1ncnc2nc[nH]c12)c1cn(-c2ccccc2)nn1. The molecule has 0 radical (unpaired) electrons. The molecule has 8 heteroatoms. The monoisotopic (exact) mass is 323 g/mol. The summed E-state index contributed by atoms with van der Waals surface area (Å²) in [4.78, 5) is 15.7. The first-order valence-electron chi connectivity index (χ1n) is 7.09. The topological polar surface area (TPSA) is 85.2 Å². The molecule has 0 aliphatic heterocycles. The van der Waals surface area contributed by atoms with Gasteiger partial charge < -0.3 is 4.98 Å². The Hall–Kier alpha value is -2.74. The summed E-state index contributed by atoms with van der Waals surface area (Å²) in [7, 11) is 0. The van der Waals surface area contributed by atoms with Gasteiger partial charge in [0, 0.05) is 0 Å². The fourth-order valence-electron chi connectivity index (χ4n) is 2.23. The van der Waals surface area contributed by atoms with Crippen molar-refractivity contribution in [2.24, 2.45) is 0 Å². The number of para-hydroxylation sites is 1. The number of imidazole rings is 1. The maximum Gasteiger partial charge on any atom is 0.181 e. The molecule has 0 spiro atoms. The number of aromatic amines is 1. The maximum atomic E-state index is 4.34. The van der Waals surface area contributed by atoms with Crippen LogP contribution in [-0.2, 0) is 0 Å². The van der Waals surface area contributed by atoms with Crippen LogP contribution in [0.5, 0.6) is 0 Å². The molecule has 1 atom stereocenters. The van der Waals surface area contributed by atoms with E-state index in [9.17, 15) is 0 Å². The van der Waals surface area contributed by atoms with E-state index in [2.05, 4.69) is 37.2 Å². The molecule has 0 aliphatic carbocycles. The van der Waals surface area contributed by atoms with Gasteiger partial charge in [0.2, 0.25) is 0 Å². The minimum atomic E-state index is 0.105. The van der Waals surface area contributed by atoms with Crippen LogP contribution in [0.2, 0.25) is 0 Å². The predicted molar refractivity (Wildman–Crippen MR) is 87.3 cm³/mol. The summed E-state index contributed by atoms with van der Waals surface area (Å²) in [6.07, 6.45) is 5.09. The average molecular weight is 323 g/mol. The van der Waals surface area contributed by atoms with Gasteiger partial charge in [-0.3, -0.25) is 0 Å². The molecule has 0 bridgehead atoms. The van der Waals surface area contributed by atoms with Crippen molar-refractivity contribution in [1.29, 1.82) is 0 Å². The summed E-state index contributed by atoms with van der Waals surface area (Å²) in [5.41, 5.74) is 3.40. The molecular formula is C15H13N7S. The molecule has 3 aromatic heterocycles. The number of nitrogens with one attached hydrogen (secondary N) is 1. The molecule has 3 heterocycles. The zero-order chi connectivity index (χ0) is 15.6. The van der Waals surface area contributed by atoms with Crippen LogP contribution in [0, 0.1) is 0 Å². The van der Waals surface area contributed by atoms with Gasteiger partial charge in [0.15, 0.2) is 5.65 Å². The van der Waals surface area contributed by atoms with E-state index in [0.717, 1.165) is 21.9 Å². The maximum absolute atomic E-state index is 4.34. The Morgan fingerprint density at radius 3 is 2.87 bits per heavy atom. The molecule has 0 amide bonds. The lowest BCUT2D eigenvalue weighted by Crippen LogP contribution is -1.93. The van der Waals surface area contributed by atoms with Crippen LogP contribution in [0.1, 0.15) is 17.9 Å². The Morgan fingerprint density at radius 2 is 2.00 bits per heavy atom. The number of rotatable bonds is 4. The number of nitrogens with zero attached hydrogens (tertiary/aromatic N) is 6. The standard InChI is InChI=1S/C15H13N7S/c1-10(23-15-13-14(17-8-16-13)18-9-19-15)12-7-22(21-20-12)11-5-3-2-4-6-11/h2-10H,1H3,(H,16,17,18,19). The van der Waals surface area contributed by atoms with Crippen molar-refractivity contribution < 1.29 is 0 Å². The summed E-state index contributed by atoms with van der Waals surface area (Å²) in [5.74, 6) is 0. The summed E-state index contributed by atoms with van der Waals surface area (Å²) >= 11 is 1.60. The molecule has 4 rings (SSSR count). The third kappa shape index (κ3) is 2.68. The van der Waals surface area contributed by atoms with E-state index in [1.54, 1.807) is 22.8 Å². The van der Waals surface area contributed by atoms with E-state index >= 15 is 0 Å². The van der Waals surface area contributed by atoms with Crippen molar-refractivity contribution >= 4 is 22.9 Å². The van der Waals surface area contributed by atoms with Crippen LogP contribution >= 0.6 is 11.8 Å². The molecular weight excluding hydrogens is 310 g/mol. The zero-order valence-electron chi connectivity index (χ0n) is 12.3. The number of fused-ring (bicyclic) bond motifs is 1. The minimum absolute atomic E-state index is 0.105. The van der Waals surface area contributed by atoms with Crippen LogP contribution in [-0.4, -0.2) is 34.9 Å². The van der Waals surface area contributed by atoms with Gasteiger partial charge in [0.25, 0.3) is 0 Å². The molecule has 7 nitrogen and oxygen atoms in total. The Balaban J connectivity index is 1.59. The lowest BCUT2D eigenvalue weighted by atomic mass is 10.3. The highest BCUT2D eigenvalue weighted by molar-refractivity contribution is 7.99. The minimum Gasteiger partial charge on any atom is -0.341 e. The van der Waals surface area contributed by atoms with Gasteiger partial charge in [-0.15, -0.1) is 5.10 Å². The molecule has 1 aromatic carbocycles. The highest BCUT2D eigenvalue weighted by atomic mass is 32.2. The molecule has 0 saturated carbocycles. The van der Waals surface area contributed by atoms with Crippen LogP contribution < -0.4 is 0 Å². The Labute approximate surface area is 136 Å². The quantitative estimate of drug-likeness (QED) is 0.459. The van der Waals surface area contributed by atoms with E-state index in [4.69, 9.17) is 0 Å². The van der Waals surface area contributed by atoms with E-state index in [0.29, 0.717) is 5.65 Å². The lowest BCUT2D eigenvalue weighted by molar-refractivity contribution is 0.797. The number of thioether (sulfide) groups is 1. The largest absolute Gasteiger partial charge is 0.341 e. The second-order valence-corrected chi connectivity index (χ2v) is 6.29. The van der Waals surface area contributed by atoms with Gasteiger partial charge in [-0.2, -0.15) is 0 Å². The van der Waals surface area contributed by atoms with Crippen molar-refractivity contribution in [2.45, 2.75) is 17.2 Å². The predicted octanol–water partition coefficient (Wildman–Crippen LogP) is 2.79. The Kier molecular flexibility index (Phi) is 3.51. The summed E-state index contributed by atoms with van der Waals surface area (Å²) in [5, 5.41) is 9.44. The first-order valence-corrected chi connectivity index (χ1v) is 7.97. The van der Waals surface area contributed by atoms with Crippen LogP contribution in [0.3, 0.4) is 0 Å². The molecule has 0 fully saturated rings. The smallest absolute Gasteiger partial charge is 0.181 e. The first-order chi connectivity index (χ1) is 11.3. The molecule has 23 heavy (non-hydrogen) atoms. The van der Waals surface area contributed by atoms with Gasteiger partial charge in [-0.05, 0) is 19.1 Å². The number of hydrogen-bond acceptors (Lipinski definition) is 6. The summed E-state index contributed by atoms with van der Waals surface area (Å²) in [6, 6.07) is 9.92. The second kappa shape index (κ2) is 5.81. The van der Waals surface area contributed by atoms with Crippen molar-refractivity contribution in [3.63, 3.8) is 0 Å². The van der Waals surface area contributed by atoms with Crippen LogP contribution in [0.4, 0.5) is 0 Å². The highest BCUT2D eigenvalue weighted by Crippen LogP contribution is 2.34. The zero-order valence-corrected chi connectivity index (χ0v) is 13.1. The van der Waals surface area contributed by atoms with Gasteiger partial charge in [0.1, 0.15) is 16.9 Å². The number of benzene rings is 1. The fraction of sp³-hybridized carbons (Fsp3) is 0.133. The average Bonchev–Trinajstić information content (AvgIpc) is 3.25. The molecule has 0 aliphatic rings. The van der Waals surface area contributed by atoms with Crippen molar-refractivity contribution in [3.05, 3.63) is 54.9 Å². The third-order valence-corrected chi connectivity index (χ3v) is 4.55. The number of hydrogen-bond donors (Lipinski definition) is 1. The van der Waals surface area contributed by atoms with Crippen molar-refractivity contribution in [2.75, 3.05) is 0 Å². The van der Waals surface area contributed by atoms with E-state index < -0.39 is 0 Å². The third-order valence-electron chi connectivity index (χ3n) is 3.42. The van der Waals surface area contributed by atoms with Crippen LogP contribution in [0.25, 0.3) is 16.9 Å². The number of H-pyrrole nitrogens is 1. The fourth-order valence-corrected chi connectivity index (χ4v) is 3.17. The van der Waals surface area contributed by atoms with E-state index in [1.165, 1.54) is 6.33 Å². The molecule has 114 valence electrons. The molecule has 1 unspecified atom stereocenters. The van der Waals surface area contributed by atoms with Crippen LogP contribution in [0.15, 0.2) is 54.2 Å². The summed E-state index contributed by atoms with van der Waals surface area (Å²) in [6.45, 7) is 2.08. The first kappa shape index (κ1) is 13.9. The van der Waals surface area contributed by atoms with Gasteiger partial charge >= 0.3 is 0 Å². The number of aromatic nitrogens is 7. The lowest BCUT2D eigenvalue weighted by Gasteiger charge is -2.07. The normalized spacial score (nSPS) is 12.6. The second-order valence-electron chi connectivity index (χ2n) is 4.96. The molecule has 0 saturated heterocycles. The highest BCUT2D eigenvalue weighted by Gasteiger charge is 2.16. The molecule has 4 aromatic rings. The van der Waals surface area contributed by atoms with E-state index in [-0.39, 0.29) is 5.25 Å². The van der Waals surface area contributed by atoms with Gasteiger partial charge in [-0.1, -0.05) is 35.2 Å². The van der Waals surface area contributed by atoms with E-state index in [1.807, 2.05) is 36.5 Å². The molecule has 1 N–H and O–H groups in total. The summed E-state index contributed by atoms with van der Waals surface area (Å²) < 4.78 is 1.78. The van der Waals surface area contributed by atoms with Crippen molar-refractivity contribution in [3.8, 4) is 5.69 Å². The Bertz CT molecular complexity index is 931.